The highest BCUT2D eigenvalue weighted by Gasteiger charge is 2.15. The molecule has 2 rings (SSSR count). The van der Waals surface area contributed by atoms with Gasteiger partial charge in [0.15, 0.2) is 0 Å². The lowest BCUT2D eigenvalue weighted by atomic mass is 10.1. The van der Waals surface area contributed by atoms with E-state index in [4.69, 9.17) is 0 Å². The van der Waals surface area contributed by atoms with Crippen molar-refractivity contribution < 1.29 is 14.3 Å². The van der Waals surface area contributed by atoms with Crippen molar-refractivity contribution in [3.05, 3.63) is 59.4 Å². The molecule has 0 spiro atoms. The van der Waals surface area contributed by atoms with Crippen LogP contribution in [0.3, 0.4) is 0 Å². The van der Waals surface area contributed by atoms with Gasteiger partial charge in [-0.2, -0.15) is 0 Å². The molecule has 0 saturated carbocycles. The van der Waals surface area contributed by atoms with E-state index in [0.717, 1.165) is 5.56 Å². The Balaban J connectivity index is 2.29. The third-order valence-electron chi connectivity index (χ3n) is 2.86. The summed E-state index contributed by atoms with van der Waals surface area (Å²) < 4.78 is 4.66. The summed E-state index contributed by atoms with van der Waals surface area (Å²) >= 11 is 0. The van der Waals surface area contributed by atoms with Crippen LogP contribution < -0.4 is 5.32 Å². The number of aromatic nitrogens is 1. The number of anilines is 1. The molecule has 0 fully saturated rings. The van der Waals surface area contributed by atoms with Gasteiger partial charge in [0.25, 0.3) is 5.91 Å². The second-order valence-electron chi connectivity index (χ2n) is 4.18. The molecule has 0 aliphatic carbocycles. The highest BCUT2D eigenvalue weighted by Crippen LogP contribution is 2.17. The molecule has 2 aromatic rings. The average molecular weight is 270 g/mol. The van der Waals surface area contributed by atoms with Crippen LogP contribution in [0, 0.1) is 6.92 Å². The van der Waals surface area contributed by atoms with Crippen LogP contribution in [0.5, 0.6) is 0 Å². The molecule has 102 valence electrons. The van der Waals surface area contributed by atoms with Crippen molar-refractivity contribution in [1.82, 2.24) is 4.98 Å². The van der Waals surface area contributed by atoms with E-state index in [2.05, 4.69) is 15.0 Å². The summed E-state index contributed by atoms with van der Waals surface area (Å²) in [6.07, 6.45) is 2.86. The van der Waals surface area contributed by atoms with E-state index in [1.165, 1.54) is 19.5 Å². The van der Waals surface area contributed by atoms with Crippen LogP contribution >= 0.6 is 0 Å². The number of hydrogen-bond acceptors (Lipinski definition) is 4. The fourth-order valence-electron chi connectivity index (χ4n) is 1.79. The SMILES string of the molecule is COC(=O)c1cnccc1NC(=O)c1ccccc1C. The van der Waals surface area contributed by atoms with E-state index in [1.807, 2.05) is 19.1 Å². The molecule has 1 aromatic carbocycles. The van der Waals surface area contributed by atoms with Crippen LogP contribution in [0.2, 0.25) is 0 Å². The van der Waals surface area contributed by atoms with Gasteiger partial charge in [0, 0.05) is 18.0 Å². The summed E-state index contributed by atoms with van der Waals surface area (Å²) in [5.74, 6) is -0.822. The Morgan fingerprint density at radius 3 is 2.60 bits per heavy atom. The minimum Gasteiger partial charge on any atom is -0.465 e. The maximum atomic E-state index is 12.2. The number of nitrogens with one attached hydrogen (secondary N) is 1. The third-order valence-corrected chi connectivity index (χ3v) is 2.86. The maximum absolute atomic E-state index is 12.2. The fraction of sp³-hybridized carbons (Fsp3) is 0.133. The van der Waals surface area contributed by atoms with Crippen LogP contribution in [0.25, 0.3) is 0 Å². The molecule has 5 nitrogen and oxygen atoms in total. The normalized spacial score (nSPS) is 9.90. The Bertz CT molecular complexity index is 653. The zero-order valence-corrected chi connectivity index (χ0v) is 11.2. The molecule has 1 amide bonds. The predicted octanol–water partition coefficient (Wildman–Crippen LogP) is 2.43. The van der Waals surface area contributed by atoms with Crippen molar-refractivity contribution in [3.8, 4) is 0 Å². The van der Waals surface area contributed by atoms with Crippen molar-refractivity contribution in [2.45, 2.75) is 6.92 Å². The molecule has 0 atom stereocenters. The molecular weight excluding hydrogens is 256 g/mol. The molecule has 1 aromatic heterocycles. The summed E-state index contributed by atoms with van der Waals surface area (Å²) in [4.78, 5) is 27.7. The van der Waals surface area contributed by atoms with Gasteiger partial charge in [-0.25, -0.2) is 4.79 Å². The third kappa shape index (κ3) is 2.83. The first kappa shape index (κ1) is 13.7. The number of carbonyl (C=O) groups excluding carboxylic acids is 2. The Labute approximate surface area is 116 Å². The highest BCUT2D eigenvalue weighted by molar-refractivity contribution is 6.08. The summed E-state index contributed by atoms with van der Waals surface area (Å²) in [5.41, 5.74) is 2.01. The van der Waals surface area contributed by atoms with Gasteiger partial charge < -0.3 is 10.1 Å². The number of ether oxygens (including phenoxy) is 1. The smallest absolute Gasteiger partial charge is 0.341 e. The fourth-order valence-corrected chi connectivity index (χ4v) is 1.79. The first-order valence-corrected chi connectivity index (χ1v) is 6.03. The lowest BCUT2D eigenvalue weighted by Gasteiger charge is -2.10. The van der Waals surface area contributed by atoms with E-state index in [-0.39, 0.29) is 11.5 Å². The summed E-state index contributed by atoms with van der Waals surface area (Å²) in [6.45, 7) is 1.85. The molecule has 20 heavy (non-hydrogen) atoms. The molecule has 0 radical (unpaired) electrons. The summed E-state index contributed by atoms with van der Waals surface area (Å²) in [6, 6.07) is 8.78. The number of methoxy groups -OCH3 is 1. The summed E-state index contributed by atoms with van der Waals surface area (Å²) in [7, 11) is 1.28. The first-order chi connectivity index (χ1) is 9.63. The number of nitrogens with zero attached hydrogens (tertiary/aromatic N) is 1. The molecule has 0 aliphatic rings. The van der Waals surface area contributed by atoms with E-state index in [0.29, 0.717) is 11.3 Å². The van der Waals surface area contributed by atoms with Gasteiger partial charge in [0.2, 0.25) is 0 Å². The molecule has 5 heteroatoms. The molecule has 0 unspecified atom stereocenters. The van der Waals surface area contributed by atoms with Crippen molar-refractivity contribution in [2.24, 2.45) is 0 Å². The van der Waals surface area contributed by atoms with Gasteiger partial charge in [-0.3, -0.25) is 9.78 Å². The van der Waals surface area contributed by atoms with E-state index < -0.39 is 5.97 Å². The second kappa shape index (κ2) is 5.97. The predicted molar refractivity (Wildman–Crippen MR) is 74.7 cm³/mol. The number of amides is 1. The highest BCUT2D eigenvalue weighted by atomic mass is 16.5. The van der Waals surface area contributed by atoms with Crippen molar-refractivity contribution in [2.75, 3.05) is 12.4 Å². The van der Waals surface area contributed by atoms with Gasteiger partial charge in [-0.15, -0.1) is 0 Å². The van der Waals surface area contributed by atoms with Gasteiger partial charge >= 0.3 is 5.97 Å². The topological polar surface area (TPSA) is 68.3 Å². The second-order valence-corrected chi connectivity index (χ2v) is 4.18. The Morgan fingerprint density at radius 1 is 1.15 bits per heavy atom. The number of benzene rings is 1. The number of pyridine rings is 1. The number of carbonyl (C=O) groups is 2. The molecule has 0 aliphatic heterocycles. The Morgan fingerprint density at radius 2 is 1.90 bits per heavy atom. The van der Waals surface area contributed by atoms with Gasteiger partial charge in [0.1, 0.15) is 5.56 Å². The van der Waals surface area contributed by atoms with E-state index in [9.17, 15) is 9.59 Å². The van der Waals surface area contributed by atoms with Crippen LogP contribution in [-0.4, -0.2) is 24.0 Å². The summed E-state index contributed by atoms with van der Waals surface area (Å²) in [5, 5.41) is 2.70. The number of esters is 1. The Hall–Kier alpha value is -2.69. The first-order valence-electron chi connectivity index (χ1n) is 6.03. The molecule has 0 bridgehead atoms. The molecule has 1 heterocycles. The quantitative estimate of drug-likeness (QED) is 0.870. The largest absolute Gasteiger partial charge is 0.465 e. The zero-order valence-electron chi connectivity index (χ0n) is 11.2. The van der Waals surface area contributed by atoms with Crippen LogP contribution in [-0.2, 0) is 4.74 Å². The van der Waals surface area contributed by atoms with E-state index in [1.54, 1.807) is 18.2 Å². The van der Waals surface area contributed by atoms with Crippen LogP contribution in [0.1, 0.15) is 26.3 Å². The molecule has 1 N–H and O–H groups in total. The molecule has 0 saturated heterocycles. The zero-order chi connectivity index (χ0) is 14.5. The average Bonchev–Trinajstić information content (AvgIpc) is 2.47. The van der Waals surface area contributed by atoms with Crippen molar-refractivity contribution in [1.29, 1.82) is 0 Å². The van der Waals surface area contributed by atoms with Gasteiger partial charge in [-0.05, 0) is 24.6 Å². The molecular formula is C15H14N2O3. The lowest BCUT2D eigenvalue weighted by molar-refractivity contribution is 0.0601. The van der Waals surface area contributed by atoms with Gasteiger partial charge in [0.05, 0.1) is 12.8 Å². The minimum atomic E-state index is -0.543. The number of hydrogen-bond donors (Lipinski definition) is 1. The van der Waals surface area contributed by atoms with Crippen LogP contribution in [0.15, 0.2) is 42.7 Å². The minimum absolute atomic E-state index is 0.219. The van der Waals surface area contributed by atoms with Crippen LogP contribution in [0.4, 0.5) is 5.69 Å². The Kier molecular flexibility index (Phi) is 4.10. The van der Waals surface area contributed by atoms with E-state index >= 15 is 0 Å². The number of aryl methyl sites for hydroxylation is 1. The van der Waals surface area contributed by atoms with Gasteiger partial charge in [-0.1, -0.05) is 18.2 Å². The maximum Gasteiger partial charge on any atom is 0.341 e. The standard InChI is InChI=1S/C15H14N2O3/c1-10-5-3-4-6-11(10)14(18)17-13-7-8-16-9-12(13)15(19)20-2/h3-9H,1-2H3,(H,16,17,18). The van der Waals surface area contributed by atoms with Crippen molar-refractivity contribution >= 4 is 17.6 Å². The monoisotopic (exact) mass is 270 g/mol. The lowest BCUT2D eigenvalue weighted by Crippen LogP contribution is -2.16. The van der Waals surface area contributed by atoms with Crippen molar-refractivity contribution in [3.63, 3.8) is 0 Å². The number of rotatable bonds is 3.